The average molecular weight is 413 g/mol. The van der Waals surface area contributed by atoms with Gasteiger partial charge in [-0.3, -0.25) is 0 Å². The summed E-state index contributed by atoms with van der Waals surface area (Å²) >= 11 is 0. The van der Waals surface area contributed by atoms with Crippen molar-refractivity contribution in [3.8, 4) is 0 Å². The molecule has 0 bridgehead atoms. The van der Waals surface area contributed by atoms with Gasteiger partial charge in [-0.05, 0) is 50.6 Å². The highest BCUT2D eigenvalue weighted by Crippen LogP contribution is 2.26. The number of nitrogens with zero attached hydrogens (tertiary/aromatic N) is 3. The Kier molecular flexibility index (Phi) is 5.83. The Balaban J connectivity index is 1.45. The van der Waals surface area contributed by atoms with Crippen LogP contribution in [0.3, 0.4) is 0 Å². The van der Waals surface area contributed by atoms with Crippen LogP contribution in [0.5, 0.6) is 0 Å². The van der Waals surface area contributed by atoms with Crippen molar-refractivity contribution in [2.24, 2.45) is 4.99 Å². The molecule has 1 aliphatic heterocycles. The monoisotopic (exact) mass is 413 g/mol. The lowest BCUT2D eigenvalue weighted by Gasteiger charge is -2.19. The third-order valence-corrected chi connectivity index (χ3v) is 5.29. The summed E-state index contributed by atoms with van der Waals surface area (Å²) in [5, 5.41) is 7.42. The highest BCUT2D eigenvalue weighted by atomic mass is 19.1. The number of furan rings is 1. The van der Waals surface area contributed by atoms with Crippen LogP contribution in [0.1, 0.15) is 24.7 Å². The second kappa shape index (κ2) is 8.69. The van der Waals surface area contributed by atoms with Crippen LogP contribution >= 0.6 is 0 Å². The molecule has 0 saturated carbocycles. The van der Waals surface area contributed by atoms with Crippen molar-refractivity contribution in [2.75, 3.05) is 24.5 Å². The lowest BCUT2D eigenvalue weighted by atomic mass is 10.1. The summed E-state index contributed by atoms with van der Waals surface area (Å²) in [6.07, 6.45) is 2.45. The molecule has 3 heterocycles. The molecule has 2 N–H and O–H groups in total. The number of aromatic nitrogens is 1. The predicted octanol–water partition coefficient (Wildman–Crippen LogP) is 3.75. The maximum absolute atomic E-state index is 14.0. The second-order valence-electron chi connectivity index (χ2n) is 7.37. The third-order valence-electron chi connectivity index (χ3n) is 5.29. The Morgan fingerprint density at radius 3 is 3.00 bits per heavy atom. The predicted molar refractivity (Wildman–Crippen MR) is 114 cm³/mol. The van der Waals surface area contributed by atoms with Gasteiger partial charge in [0.2, 0.25) is 0 Å². The van der Waals surface area contributed by atoms with Crippen LogP contribution < -0.4 is 15.5 Å². The zero-order chi connectivity index (χ0) is 21.1. The van der Waals surface area contributed by atoms with E-state index in [1.165, 1.54) is 18.2 Å². The fourth-order valence-corrected chi connectivity index (χ4v) is 3.74. The Bertz CT molecular complexity index is 1060. The quantitative estimate of drug-likeness (QED) is 0.493. The van der Waals surface area contributed by atoms with Gasteiger partial charge in [-0.1, -0.05) is 0 Å². The van der Waals surface area contributed by atoms with E-state index in [0.717, 1.165) is 23.9 Å². The van der Waals surface area contributed by atoms with Gasteiger partial charge in [0.1, 0.15) is 23.7 Å². The fraction of sp³-hybridized carbons (Fsp3) is 0.364. The number of pyridine rings is 1. The first-order chi connectivity index (χ1) is 14.5. The molecule has 2 aromatic heterocycles. The molecule has 3 aromatic rings. The Labute approximate surface area is 174 Å². The van der Waals surface area contributed by atoms with Crippen LogP contribution in [-0.2, 0) is 6.54 Å². The molecule has 8 heteroatoms. The molecule has 0 aliphatic carbocycles. The summed E-state index contributed by atoms with van der Waals surface area (Å²) in [6.45, 7) is 6.31. The first-order valence-corrected chi connectivity index (χ1v) is 10.1. The minimum Gasteiger partial charge on any atom is -0.459 e. The molecule has 30 heavy (non-hydrogen) atoms. The molecular formula is C22H25F2N5O. The summed E-state index contributed by atoms with van der Waals surface area (Å²) in [5.41, 5.74) is 1.54. The summed E-state index contributed by atoms with van der Waals surface area (Å²) < 4.78 is 33.4. The van der Waals surface area contributed by atoms with Crippen LogP contribution in [-0.4, -0.2) is 36.6 Å². The summed E-state index contributed by atoms with van der Waals surface area (Å²) in [5.74, 6) is 1.16. The number of anilines is 1. The van der Waals surface area contributed by atoms with Crippen molar-refractivity contribution in [2.45, 2.75) is 32.9 Å². The van der Waals surface area contributed by atoms with E-state index >= 15 is 0 Å². The Hall–Kier alpha value is -3.16. The molecule has 0 amide bonds. The van der Waals surface area contributed by atoms with Crippen molar-refractivity contribution in [1.82, 2.24) is 15.6 Å². The molecule has 158 valence electrons. The summed E-state index contributed by atoms with van der Waals surface area (Å²) in [7, 11) is 0. The Morgan fingerprint density at radius 2 is 2.20 bits per heavy atom. The van der Waals surface area contributed by atoms with E-state index < -0.39 is 0 Å². The van der Waals surface area contributed by atoms with Gasteiger partial charge in [0.15, 0.2) is 17.6 Å². The molecular weight excluding hydrogens is 388 g/mol. The van der Waals surface area contributed by atoms with Crippen LogP contribution in [0.2, 0.25) is 0 Å². The molecule has 1 unspecified atom stereocenters. The van der Waals surface area contributed by atoms with E-state index in [1.54, 1.807) is 18.3 Å². The van der Waals surface area contributed by atoms with E-state index in [4.69, 9.17) is 4.42 Å². The van der Waals surface area contributed by atoms with E-state index in [0.29, 0.717) is 42.8 Å². The molecule has 1 saturated heterocycles. The molecule has 4 rings (SSSR count). The minimum absolute atomic E-state index is 0.120. The van der Waals surface area contributed by atoms with Gasteiger partial charge in [0.05, 0.1) is 0 Å². The van der Waals surface area contributed by atoms with Gasteiger partial charge in [-0.15, -0.1) is 0 Å². The van der Waals surface area contributed by atoms with Crippen LogP contribution in [0, 0.1) is 18.6 Å². The van der Waals surface area contributed by atoms with Crippen molar-refractivity contribution in [3.63, 3.8) is 0 Å². The number of halogens is 2. The molecule has 1 atom stereocenters. The van der Waals surface area contributed by atoms with E-state index in [1.807, 2.05) is 18.7 Å². The highest BCUT2D eigenvalue weighted by molar-refractivity contribution is 5.83. The van der Waals surface area contributed by atoms with Crippen molar-refractivity contribution >= 4 is 22.7 Å². The Morgan fingerprint density at radius 1 is 1.33 bits per heavy atom. The van der Waals surface area contributed by atoms with E-state index in [9.17, 15) is 8.78 Å². The molecule has 6 nitrogen and oxygen atoms in total. The molecule has 0 spiro atoms. The zero-order valence-corrected chi connectivity index (χ0v) is 17.1. The van der Waals surface area contributed by atoms with Gasteiger partial charge >= 0.3 is 0 Å². The molecule has 1 fully saturated rings. The lowest BCUT2D eigenvalue weighted by Crippen LogP contribution is -2.44. The molecule has 0 radical (unpaired) electrons. The maximum Gasteiger partial charge on any atom is 0.191 e. The van der Waals surface area contributed by atoms with Gasteiger partial charge in [-0.25, -0.2) is 18.8 Å². The minimum atomic E-state index is -0.310. The number of nitrogens with one attached hydrogen (secondary N) is 2. The van der Waals surface area contributed by atoms with Crippen molar-refractivity contribution < 1.29 is 13.2 Å². The largest absolute Gasteiger partial charge is 0.459 e. The number of aliphatic imine (C=N–C) groups is 1. The molecule has 1 aromatic carbocycles. The maximum atomic E-state index is 14.0. The van der Waals surface area contributed by atoms with E-state index in [-0.39, 0.29) is 17.7 Å². The van der Waals surface area contributed by atoms with Crippen LogP contribution in [0.4, 0.5) is 14.6 Å². The highest BCUT2D eigenvalue weighted by Gasteiger charge is 2.26. The van der Waals surface area contributed by atoms with Crippen molar-refractivity contribution in [1.29, 1.82) is 0 Å². The summed E-state index contributed by atoms with van der Waals surface area (Å²) in [6, 6.07) is 7.65. The van der Waals surface area contributed by atoms with Gasteiger partial charge in [-0.2, -0.15) is 0 Å². The first-order valence-electron chi connectivity index (χ1n) is 10.1. The second-order valence-corrected chi connectivity index (χ2v) is 7.37. The molecule has 1 aliphatic rings. The van der Waals surface area contributed by atoms with E-state index in [2.05, 4.69) is 20.6 Å². The number of rotatable bonds is 5. The topological polar surface area (TPSA) is 65.7 Å². The first kappa shape index (κ1) is 20.1. The standard InChI is InChI=1S/C22H25F2N5O/c1-3-25-22(27-12-20-14(2)17-11-15(23)6-7-19(17)30-20)28-16-8-10-29(13-16)21-18(24)5-4-9-26-21/h4-7,9,11,16H,3,8,10,12-13H2,1-2H3,(H2,25,27,28). The van der Waals surface area contributed by atoms with Gasteiger partial charge < -0.3 is 20.0 Å². The zero-order valence-electron chi connectivity index (χ0n) is 17.1. The number of hydrogen-bond acceptors (Lipinski definition) is 4. The number of guanidine groups is 1. The van der Waals surface area contributed by atoms with Crippen molar-refractivity contribution in [3.05, 3.63) is 59.5 Å². The lowest BCUT2D eigenvalue weighted by molar-refractivity contribution is 0.545. The van der Waals surface area contributed by atoms with Gasteiger partial charge in [0.25, 0.3) is 0 Å². The average Bonchev–Trinajstić information content (AvgIpc) is 3.31. The third kappa shape index (κ3) is 4.22. The smallest absolute Gasteiger partial charge is 0.191 e. The van der Waals surface area contributed by atoms with Crippen LogP contribution in [0.25, 0.3) is 11.0 Å². The summed E-state index contributed by atoms with van der Waals surface area (Å²) in [4.78, 5) is 10.7. The van der Waals surface area contributed by atoms with Gasteiger partial charge in [0, 0.05) is 42.8 Å². The number of benzene rings is 1. The number of hydrogen-bond donors (Lipinski definition) is 2. The number of fused-ring (bicyclic) bond motifs is 1. The SMILES string of the molecule is CCNC(=NCc1oc2ccc(F)cc2c1C)NC1CCN(c2ncccc2F)C1. The fourth-order valence-electron chi connectivity index (χ4n) is 3.74. The normalized spacial score (nSPS) is 17.0. The number of aryl methyl sites for hydroxylation is 1. The van der Waals surface area contributed by atoms with Crippen LogP contribution in [0.15, 0.2) is 45.9 Å².